The van der Waals surface area contributed by atoms with Gasteiger partial charge in [0.15, 0.2) is 0 Å². The van der Waals surface area contributed by atoms with Crippen LogP contribution in [0.15, 0.2) is 67.0 Å². The highest BCUT2D eigenvalue weighted by molar-refractivity contribution is 6.01. The third kappa shape index (κ3) is 5.38. The summed E-state index contributed by atoms with van der Waals surface area (Å²) in [4.78, 5) is 33.6. The van der Waals surface area contributed by atoms with Crippen LogP contribution in [-0.4, -0.2) is 38.3 Å². The number of carbonyl (C=O) groups is 2. The first-order valence-corrected chi connectivity index (χ1v) is 12.9. The minimum Gasteiger partial charge on any atom is -0.354 e. The van der Waals surface area contributed by atoms with Crippen molar-refractivity contribution in [3.8, 4) is 0 Å². The number of fused-ring (bicyclic) bond motifs is 2. The molecule has 2 aromatic carbocycles. The number of hydrogen-bond acceptors (Lipinski definition) is 5. The number of aromatic nitrogens is 4. The summed E-state index contributed by atoms with van der Waals surface area (Å²) >= 11 is 0. The van der Waals surface area contributed by atoms with Gasteiger partial charge in [0.1, 0.15) is 18.1 Å². The number of carbonyl (C=O) groups excluding carboxylic acids is 2. The molecule has 1 N–H and O–H groups in total. The van der Waals surface area contributed by atoms with Gasteiger partial charge >= 0.3 is 0 Å². The van der Waals surface area contributed by atoms with Gasteiger partial charge in [-0.2, -0.15) is 0 Å². The van der Waals surface area contributed by atoms with Gasteiger partial charge in [0.05, 0.1) is 5.52 Å². The fourth-order valence-electron chi connectivity index (χ4n) is 4.93. The molecule has 1 aliphatic carbocycles. The van der Waals surface area contributed by atoms with Gasteiger partial charge in [0.25, 0.3) is 0 Å². The van der Waals surface area contributed by atoms with Crippen LogP contribution in [-0.2, 0) is 29.0 Å². The molecule has 0 radical (unpaired) electrons. The number of nitrogens with one attached hydrogen (secondary N) is 1. The van der Waals surface area contributed by atoms with Gasteiger partial charge in [-0.15, -0.1) is 5.10 Å². The predicted molar refractivity (Wildman–Crippen MR) is 143 cm³/mol. The second-order valence-electron chi connectivity index (χ2n) is 9.96. The maximum absolute atomic E-state index is 14.1. The molecule has 1 aliphatic rings. The molecule has 0 unspecified atom stereocenters. The molecule has 37 heavy (non-hydrogen) atoms. The SMILES string of the molecule is CC(C)CCNC(=O)[C@@H](c1ccncc1)N(C(=O)Cn1nnc2ccccc21)c1ccc2c(c1)CCC2. The molecular weight excluding hydrogens is 464 g/mol. The lowest BCUT2D eigenvalue weighted by Crippen LogP contribution is -2.45. The topological polar surface area (TPSA) is 93.0 Å². The highest BCUT2D eigenvalue weighted by Crippen LogP contribution is 2.32. The van der Waals surface area contributed by atoms with E-state index in [1.54, 1.807) is 34.1 Å². The summed E-state index contributed by atoms with van der Waals surface area (Å²) in [6.45, 7) is 4.74. The van der Waals surface area contributed by atoms with Crippen LogP contribution < -0.4 is 10.2 Å². The van der Waals surface area contributed by atoms with Crippen LogP contribution in [0.2, 0.25) is 0 Å². The van der Waals surface area contributed by atoms with E-state index in [4.69, 9.17) is 0 Å². The van der Waals surface area contributed by atoms with Crippen molar-refractivity contribution in [1.82, 2.24) is 25.3 Å². The fourth-order valence-corrected chi connectivity index (χ4v) is 4.93. The lowest BCUT2D eigenvalue weighted by molar-refractivity contribution is -0.127. The van der Waals surface area contributed by atoms with Gasteiger partial charge < -0.3 is 5.32 Å². The molecule has 0 saturated heterocycles. The van der Waals surface area contributed by atoms with Crippen molar-refractivity contribution in [2.45, 2.75) is 52.1 Å². The summed E-state index contributed by atoms with van der Waals surface area (Å²) in [6.07, 6.45) is 7.27. The van der Waals surface area contributed by atoms with Crippen molar-refractivity contribution in [1.29, 1.82) is 0 Å². The van der Waals surface area contributed by atoms with Gasteiger partial charge in [0, 0.05) is 24.6 Å². The molecule has 1 atom stereocenters. The second kappa shape index (κ2) is 10.9. The number of pyridine rings is 1. The van der Waals surface area contributed by atoms with Crippen LogP contribution >= 0.6 is 0 Å². The van der Waals surface area contributed by atoms with Gasteiger partial charge in [-0.1, -0.05) is 37.3 Å². The minimum atomic E-state index is -0.850. The molecule has 0 fully saturated rings. The predicted octanol–water partition coefficient (Wildman–Crippen LogP) is 4.25. The first-order valence-electron chi connectivity index (χ1n) is 12.9. The summed E-state index contributed by atoms with van der Waals surface area (Å²) in [5.74, 6) is -0.00622. The highest BCUT2D eigenvalue weighted by Gasteiger charge is 2.33. The molecule has 2 heterocycles. The monoisotopic (exact) mass is 496 g/mol. The van der Waals surface area contributed by atoms with Crippen molar-refractivity contribution in [2.75, 3.05) is 11.4 Å². The molecule has 8 nitrogen and oxygen atoms in total. The molecule has 2 aromatic heterocycles. The van der Waals surface area contributed by atoms with E-state index in [0.717, 1.165) is 36.7 Å². The maximum Gasteiger partial charge on any atom is 0.249 e. The number of nitrogens with zero attached hydrogens (tertiary/aromatic N) is 5. The minimum absolute atomic E-state index is 0.0432. The van der Waals surface area contributed by atoms with Crippen LogP contribution in [0.5, 0.6) is 0 Å². The largest absolute Gasteiger partial charge is 0.354 e. The maximum atomic E-state index is 14.1. The Morgan fingerprint density at radius 2 is 1.81 bits per heavy atom. The van der Waals surface area contributed by atoms with E-state index in [1.165, 1.54) is 11.1 Å². The molecule has 8 heteroatoms. The number of para-hydroxylation sites is 1. The first-order chi connectivity index (χ1) is 18.0. The summed E-state index contributed by atoms with van der Waals surface area (Å²) < 4.78 is 1.60. The van der Waals surface area contributed by atoms with E-state index in [0.29, 0.717) is 23.7 Å². The number of amides is 2. The number of benzene rings is 2. The summed E-state index contributed by atoms with van der Waals surface area (Å²) in [5, 5.41) is 11.5. The quantitative estimate of drug-likeness (QED) is 0.374. The normalized spacial score (nSPS) is 13.5. The second-order valence-corrected chi connectivity index (χ2v) is 9.96. The third-order valence-electron chi connectivity index (χ3n) is 6.88. The van der Waals surface area contributed by atoms with E-state index < -0.39 is 6.04 Å². The summed E-state index contributed by atoms with van der Waals surface area (Å²) in [5.41, 5.74) is 5.43. The number of rotatable bonds is 9. The molecule has 4 aromatic rings. The van der Waals surface area contributed by atoms with Crippen LogP contribution in [0.4, 0.5) is 5.69 Å². The van der Waals surface area contributed by atoms with Gasteiger partial charge in [-0.25, -0.2) is 4.68 Å². The Labute approximate surface area is 216 Å². The van der Waals surface area contributed by atoms with E-state index in [2.05, 4.69) is 46.6 Å². The van der Waals surface area contributed by atoms with E-state index in [-0.39, 0.29) is 18.4 Å². The Hall–Kier alpha value is -4.07. The zero-order valence-corrected chi connectivity index (χ0v) is 21.3. The van der Waals surface area contributed by atoms with Crippen LogP contribution in [0, 0.1) is 5.92 Å². The van der Waals surface area contributed by atoms with E-state index in [9.17, 15) is 9.59 Å². The van der Waals surface area contributed by atoms with Gasteiger partial charge in [-0.05, 0) is 84.7 Å². The van der Waals surface area contributed by atoms with Crippen LogP contribution in [0.3, 0.4) is 0 Å². The summed E-state index contributed by atoms with van der Waals surface area (Å²) in [6, 6.07) is 16.4. The zero-order valence-electron chi connectivity index (χ0n) is 21.3. The Bertz CT molecular complexity index is 1400. The molecule has 0 spiro atoms. The summed E-state index contributed by atoms with van der Waals surface area (Å²) in [7, 11) is 0. The number of hydrogen-bond donors (Lipinski definition) is 1. The molecule has 0 bridgehead atoms. The molecule has 190 valence electrons. The molecule has 5 rings (SSSR count). The Balaban J connectivity index is 1.55. The molecule has 2 amide bonds. The number of anilines is 1. The van der Waals surface area contributed by atoms with Crippen LogP contribution in [0.25, 0.3) is 11.0 Å². The van der Waals surface area contributed by atoms with Crippen molar-refractivity contribution >= 4 is 28.5 Å². The Morgan fingerprint density at radius 1 is 1.03 bits per heavy atom. The smallest absolute Gasteiger partial charge is 0.249 e. The lowest BCUT2D eigenvalue weighted by Gasteiger charge is -2.32. The Morgan fingerprint density at radius 3 is 2.62 bits per heavy atom. The van der Waals surface area contributed by atoms with E-state index >= 15 is 0 Å². The average molecular weight is 497 g/mol. The van der Waals surface area contributed by atoms with Crippen molar-refractivity contribution in [3.05, 3.63) is 83.7 Å². The zero-order chi connectivity index (χ0) is 25.8. The average Bonchev–Trinajstić information content (AvgIpc) is 3.54. The van der Waals surface area contributed by atoms with Crippen molar-refractivity contribution < 1.29 is 9.59 Å². The standard InChI is InChI=1S/C29H32N6O2/c1-20(2)12-17-31-29(37)28(22-13-15-30-16-14-22)35(24-11-10-21-6-5-7-23(21)18-24)27(36)19-34-26-9-4-3-8-25(26)32-33-34/h3-4,8-11,13-16,18,20,28H,5-7,12,17,19H2,1-2H3,(H,31,37)/t28-/m1/s1. The molecule has 0 saturated carbocycles. The van der Waals surface area contributed by atoms with E-state index in [1.807, 2.05) is 30.3 Å². The van der Waals surface area contributed by atoms with Crippen molar-refractivity contribution in [2.24, 2.45) is 5.92 Å². The van der Waals surface area contributed by atoms with Crippen LogP contribution in [0.1, 0.15) is 49.4 Å². The lowest BCUT2D eigenvalue weighted by atomic mass is 10.0. The number of aryl methyl sites for hydroxylation is 2. The third-order valence-corrected chi connectivity index (χ3v) is 6.88. The van der Waals surface area contributed by atoms with Gasteiger partial charge in [0.2, 0.25) is 11.8 Å². The van der Waals surface area contributed by atoms with Gasteiger partial charge in [-0.3, -0.25) is 19.5 Å². The fraction of sp³-hybridized carbons (Fsp3) is 0.345. The highest BCUT2D eigenvalue weighted by atomic mass is 16.2. The first kappa shape index (κ1) is 24.6. The molecular formula is C29H32N6O2. The Kier molecular flexibility index (Phi) is 7.25. The van der Waals surface area contributed by atoms with Crippen molar-refractivity contribution in [3.63, 3.8) is 0 Å². The molecule has 0 aliphatic heterocycles.